The number of benzene rings is 2. The molecule has 4 nitrogen and oxygen atoms in total. The van der Waals surface area contributed by atoms with E-state index in [4.69, 9.17) is 9.47 Å². The number of carbonyl (C=O) groups is 1. The summed E-state index contributed by atoms with van der Waals surface area (Å²) in [5.41, 5.74) is 1.89. The van der Waals surface area contributed by atoms with Crippen LogP contribution in [-0.4, -0.2) is 18.2 Å². The second-order valence-corrected chi connectivity index (χ2v) is 4.70. The topological polar surface area (TPSA) is 55.8 Å². The summed E-state index contributed by atoms with van der Waals surface area (Å²) in [5, 5.41) is 9.66. The monoisotopic (exact) mass is 270 g/mol. The Labute approximate surface area is 116 Å². The van der Waals surface area contributed by atoms with Crippen molar-refractivity contribution in [1.29, 1.82) is 0 Å². The molecular formula is C16H14O4. The number of ether oxygens (including phenoxy) is 2. The molecule has 3 rings (SSSR count). The van der Waals surface area contributed by atoms with Gasteiger partial charge in [-0.1, -0.05) is 24.3 Å². The summed E-state index contributed by atoms with van der Waals surface area (Å²) >= 11 is 0. The Hall–Kier alpha value is -2.49. The fourth-order valence-electron chi connectivity index (χ4n) is 2.51. The maximum atomic E-state index is 11.7. The highest BCUT2D eigenvalue weighted by atomic mass is 16.5. The van der Waals surface area contributed by atoms with Crippen LogP contribution in [0.15, 0.2) is 42.5 Å². The first kappa shape index (κ1) is 12.5. The van der Waals surface area contributed by atoms with Gasteiger partial charge in [0.25, 0.3) is 0 Å². The summed E-state index contributed by atoms with van der Waals surface area (Å²) < 4.78 is 10.4. The number of rotatable bonds is 2. The van der Waals surface area contributed by atoms with Crippen LogP contribution in [0.3, 0.4) is 0 Å². The molecule has 1 aliphatic rings. The molecule has 0 aromatic heterocycles. The number of esters is 1. The van der Waals surface area contributed by atoms with E-state index >= 15 is 0 Å². The molecule has 1 N–H and O–H groups in total. The van der Waals surface area contributed by atoms with E-state index in [0.29, 0.717) is 11.5 Å². The van der Waals surface area contributed by atoms with E-state index in [1.54, 1.807) is 24.3 Å². The average Bonchev–Trinajstić information content (AvgIpc) is 2.47. The van der Waals surface area contributed by atoms with E-state index in [2.05, 4.69) is 0 Å². The molecule has 2 aromatic rings. The molecule has 1 aliphatic heterocycles. The third-order valence-corrected chi connectivity index (χ3v) is 3.50. The lowest BCUT2D eigenvalue weighted by atomic mass is 9.86. The van der Waals surface area contributed by atoms with Crippen molar-refractivity contribution in [1.82, 2.24) is 0 Å². The van der Waals surface area contributed by atoms with Gasteiger partial charge in [-0.15, -0.1) is 0 Å². The highest BCUT2D eigenvalue weighted by molar-refractivity contribution is 5.77. The van der Waals surface area contributed by atoms with Crippen molar-refractivity contribution < 1.29 is 19.4 Å². The molecule has 102 valence electrons. The Morgan fingerprint density at radius 2 is 2.05 bits per heavy atom. The zero-order valence-corrected chi connectivity index (χ0v) is 11.0. The SMILES string of the molecule is COc1cc(C2CC(=O)Oc3ccccc32)ccc1O. The van der Waals surface area contributed by atoms with Crippen molar-refractivity contribution in [2.24, 2.45) is 0 Å². The van der Waals surface area contributed by atoms with E-state index in [-0.39, 0.29) is 24.1 Å². The van der Waals surface area contributed by atoms with Crippen LogP contribution in [0.1, 0.15) is 23.5 Å². The molecule has 1 atom stereocenters. The largest absolute Gasteiger partial charge is 0.504 e. The van der Waals surface area contributed by atoms with Crippen molar-refractivity contribution >= 4 is 5.97 Å². The molecule has 1 unspecified atom stereocenters. The Balaban J connectivity index is 2.08. The molecule has 0 radical (unpaired) electrons. The van der Waals surface area contributed by atoms with Crippen LogP contribution in [0, 0.1) is 0 Å². The zero-order valence-electron chi connectivity index (χ0n) is 11.0. The number of fused-ring (bicyclic) bond motifs is 1. The summed E-state index contributed by atoms with van der Waals surface area (Å²) in [6.45, 7) is 0. The van der Waals surface area contributed by atoms with Gasteiger partial charge in [-0.3, -0.25) is 4.79 Å². The molecule has 0 fully saturated rings. The van der Waals surface area contributed by atoms with Gasteiger partial charge < -0.3 is 14.6 Å². The quantitative estimate of drug-likeness (QED) is 0.673. The summed E-state index contributed by atoms with van der Waals surface area (Å²) in [7, 11) is 1.50. The van der Waals surface area contributed by atoms with Crippen LogP contribution in [0.5, 0.6) is 17.2 Å². The van der Waals surface area contributed by atoms with E-state index in [0.717, 1.165) is 11.1 Å². The first-order valence-electron chi connectivity index (χ1n) is 6.35. The van der Waals surface area contributed by atoms with Gasteiger partial charge in [-0.05, 0) is 23.8 Å². The fourth-order valence-corrected chi connectivity index (χ4v) is 2.51. The van der Waals surface area contributed by atoms with Gasteiger partial charge in [0.2, 0.25) is 0 Å². The maximum Gasteiger partial charge on any atom is 0.312 e. The number of phenols is 1. The first-order valence-corrected chi connectivity index (χ1v) is 6.35. The van der Waals surface area contributed by atoms with E-state index in [9.17, 15) is 9.90 Å². The lowest BCUT2D eigenvalue weighted by Crippen LogP contribution is -2.20. The van der Waals surface area contributed by atoms with Gasteiger partial charge in [0, 0.05) is 11.5 Å². The highest BCUT2D eigenvalue weighted by Crippen LogP contribution is 2.40. The standard InChI is InChI=1S/C16H14O4/c1-19-15-8-10(6-7-13(15)17)12-9-16(18)20-14-5-3-2-4-11(12)14/h2-8,12,17H,9H2,1H3. The average molecular weight is 270 g/mol. The van der Waals surface area contributed by atoms with Crippen LogP contribution in [0.25, 0.3) is 0 Å². The predicted octanol–water partition coefficient (Wildman–Crippen LogP) is 2.84. The summed E-state index contributed by atoms with van der Waals surface area (Å²) in [4.78, 5) is 11.7. The van der Waals surface area contributed by atoms with E-state index < -0.39 is 0 Å². The van der Waals surface area contributed by atoms with Gasteiger partial charge in [-0.25, -0.2) is 0 Å². The van der Waals surface area contributed by atoms with E-state index in [1.807, 2.05) is 18.2 Å². The molecule has 20 heavy (non-hydrogen) atoms. The minimum absolute atomic E-state index is 0.0815. The van der Waals surface area contributed by atoms with Gasteiger partial charge >= 0.3 is 5.97 Å². The van der Waals surface area contributed by atoms with Crippen molar-refractivity contribution in [3.8, 4) is 17.2 Å². The molecule has 0 saturated carbocycles. The maximum absolute atomic E-state index is 11.7. The molecule has 0 aliphatic carbocycles. The number of hydrogen-bond acceptors (Lipinski definition) is 4. The van der Waals surface area contributed by atoms with Crippen molar-refractivity contribution in [2.75, 3.05) is 7.11 Å². The summed E-state index contributed by atoms with van der Waals surface area (Å²) in [5.74, 6) is 0.755. The minimum Gasteiger partial charge on any atom is -0.504 e. The number of aromatic hydroxyl groups is 1. The van der Waals surface area contributed by atoms with Crippen LogP contribution in [0.2, 0.25) is 0 Å². The number of methoxy groups -OCH3 is 1. The molecule has 0 saturated heterocycles. The molecule has 1 heterocycles. The molecule has 0 amide bonds. The number of phenolic OH excluding ortho intramolecular Hbond substituents is 1. The van der Waals surface area contributed by atoms with Gasteiger partial charge in [0.05, 0.1) is 13.5 Å². The Morgan fingerprint density at radius 3 is 2.85 bits per heavy atom. The highest BCUT2D eigenvalue weighted by Gasteiger charge is 2.28. The number of para-hydroxylation sites is 1. The van der Waals surface area contributed by atoms with E-state index in [1.165, 1.54) is 7.11 Å². The number of hydrogen-bond donors (Lipinski definition) is 1. The van der Waals surface area contributed by atoms with Crippen LogP contribution >= 0.6 is 0 Å². The third kappa shape index (κ3) is 2.09. The first-order chi connectivity index (χ1) is 9.69. The lowest BCUT2D eigenvalue weighted by Gasteiger charge is -2.25. The van der Waals surface area contributed by atoms with Gasteiger partial charge in [-0.2, -0.15) is 0 Å². The second-order valence-electron chi connectivity index (χ2n) is 4.70. The fraction of sp³-hybridized carbons (Fsp3) is 0.188. The molecule has 2 aromatic carbocycles. The zero-order chi connectivity index (χ0) is 14.1. The molecular weight excluding hydrogens is 256 g/mol. The predicted molar refractivity (Wildman–Crippen MR) is 73.2 cm³/mol. The second kappa shape index (κ2) is 4.89. The Morgan fingerprint density at radius 1 is 1.25 bits per heavy atom. The molecule has 4 heteroatoms. The lowest BCUT2D eigenvalue weighted by molar-refractivity contribution is -0.135. The van der Waals surface area contributed by atoms with Crippen LogP contribution in [-0.2, 0) is 4.79 Å². The van der Waals surface area contributed by atoms with Crippen molar-refractivity contribution in [3.63, 3.8) is 0 Å². The smallest absolute Gasteiger partial charge is 0.312 e. The van der Waals surface area contributed by atoms with Gasteiger partial charge in [0.15, 0.2) is 11.5 Å². The molecule has 0 bridgehead atoms. The van der Waals surface area contributed by atoms with Crippen molar-refractivity contribution in [3.05, 3.63) is 53.6 Å². The van der Waals surface area contributed by atoms with Crippen LogP contribution < -0.4 is 9.47 Å². The minimum atomic E-state index is -0.249. The normalized spacial score (nSPS) is 17.2. The summed E-state index contributed by atoms with van der Waals surface area (Å²) in [6.07, 6.45) is 0.283. The molecule has 0 spiro atoms. The van der Waals surface area contributed by atoms with Crippen molar-refractivity contribution in [2.45, 2.75) is 12.3 Å². The van der Waals surface area contributed by atoms with Crippen LogP contribution in [0.4, 0.5) is 0 Å². The Kier molecular flexibility index (Phi) is 3.06. The third-order valence-electron chi connectivity index (χ3n) is 3.50. The number of carbonyl (C=O) groups excluding carboxylic acids is 1. The van der Waals surface area contributed by atoms with Gasteiger partial charge in [0.1, 0.15) is 5.75 Å². The Bertz CT molecular complexity index is 663. The summed E-state index contributed by atoms with van der Waals surface area (Å²) in [6, 6.07) is 12.6.